The van der Waals surface area contributed by atoms with Crippen LogP contribution in [0.3, 0.4) is 0 Å². The number of hydrogen-bond donors (Lipinski definition) is 0. The summed E-state index contributed by atoms with van der Waals surface area (Å²) in [4.78, 5) is 5.79. The molecule has 0 atom stereocenters. The fourth-order valence-electron chi connectivity index (χ4n) is 10.3. The molecule has 0 radical (unpaired) electrons. The van der Waals surface area contributed by atoms with Gasteiger partial charge in [-0.05, 0) is 126 Å². The number of fused-ring (bicyclic) bond motifs is 4. The van der Waals surface area contributed by atoms with Gasteiger partial charge in [0.05, 0.1) is 26.5 Å². The molecule has 3 aliphatic rings. The number of aryl methyl sites for hydroxylation is 2. The number of para-hydroxylation sites is 2. The lowest BCUT2D eigenvalue weighted by molar-refractivity contribution is -0.665. The smallest absolute Gasteiger partial charge is 0.263 e. The molecule has 8 aromatic rings. The molecule has 6 aromatic carbocycles. The monoisotopic (exact) mass is 1070 g/mol. The molecule has 8 nitrogen and oxygen atoms in total. The van der Waals surface area contributed by atoms with Crippen molar-refractivity contribution in [2.24, 2.45) is 12.5 Å². The van der Waals surface area contributed by atoms with Gasteiger partial charge in [0.25, 0.3) is 10.0 Å². The molecule has 0 saturated carbocycles. The van der Waals surface area contributed by atoms with Gasteiger partial charge in [-0.15, -0.1) is 0 Å². The van der Waals surface area contributed by atoms with Crippen LogP contribution in [0, 0.1) is 5.41 Å². The van der Waals surface area contributed by atoms with Gasteiger partial charge < -0.3 is 19.1 Å². The summed E-state index contributed by atoms with van der Waals surface area (Å²) in [6.07, 6.45) is 14.7. The van der Waals surface area contributed by atoms with E-state index in [1.807, 2.05) is 82.6 Å². The summed E-state index contributed by atoms with van der Waals surface area (Å²) in [5.74, 6) is 0.891. The van der Waals surface area contributed by atoms with Crippen molar-refractivity contribution in [2.45, 2.75) is 71.7 Å². The second-order valence-corrected chi connectivity index (χ2v) is 24.6. The van der Waals surface area contributed by atoms with E-state index >= 15 is 0 Å². The van der Waals surface area contributed by atoms with E-state index in [-0.39, 0.29) is 11.8 Å². The molecule has 382 valence electrons. The zero-order chi connectivity index (χ0) is 52.3. The van der Waals surface area contributed by atoms with Crippen LogP contribution in [0.5, 0.6) is 5.75 Å². The largest absolute Gasteiger partial charge is 0.748 e. The maximum absolute atomic E-state index is 11.4. The first-order chi connectivity index (χ1) is 36.3. The number of aromatic nitrogens is 2. The van der Waals surface area contributed by atoms with E-state index in [0.717, 1.165) is 59.7 Å². The van der Waals surface area contributed by atoms with E-state index in [4.69, 9.17) is 4.74 Å². The first-order valence-electron chi connectivity index (χ1n) is 25.8. The van der Waals surface area contributed by atoms with Gasteiger partial charge in [-0.2, -0.15) is 9.13 Å². The second kappa shape index (κ2) is 22.4. The summed E-state index contributed by atoms with van der Waals surface area (Å²) < 4.78 is 47.7. The van der Waals surface area contributed by atoms with Crippen molar-refractivity contribution in [3.63, 3.8) is 0 Å². The van der Waals surface area contributed by atoms with Crippen molar-refractivity contribution < 1.29 is 26.8 Å². The Morgan fingerprint density at radius 1 is 0.720 bits per heavy atom. The topological polar surface area (TPSA) is 80.7 Å². The van der Waals surface area contributed by atoms with E-state index in [1.54, 1.807) is 11.3 Å². The SMILES string of the molecule is CCC(=Cc1sc2ccc(-c3ccccc3)cc2[n+]1C)C=C1Oc2ccc(-c3ccccc3)cc2N1CCCS(=O)(=O)[O-].CCN1C(=CC2=CC(=Cc3sc4ccccc4[n+]3CC)CC(C)(C)C2)Sc2ccccc21. The van der Waals surface area contributed by atoms with E-state index < -0.39 is 15.9 Å². The predicted octanol–water partition coefficient (Wildman–Crippen LogP) is 15.3. The van der Waals surface area contributed by atoms with Crippen LogP contribution in [0.15, 0.2) is 196 Å². The van der Waals surface area contributed by atoms with Gasteiger partial charge in [0.15, 0.2) is 5.75 Å². The van der Waals surface area contributed by atoms with Gasteiger partial charge in [0.2, 0.25) is 16.9 Å². The molecule has 0 N–H and O–H groups in total. The highest BCUT2D eigenvalue weighted by molar-refractivity contribution is 8.03. The lowest BCUT2D eigenvalue weighted by Gasteiger charge is -2.31. The molecule has 75 heavy (non-hydrogen) atoms. The lowest BCUT2D eigenvalue weighted by atomic mass is 9.75. The highest BCUT2D eigenvalue weighted by Gasteiger charge is 2.30. The first-order valence-corrected chi connectivity index (χ1v) is 29.9. The summed E-state index contributed by atoms with van der Waals surface area (Å²) >= 11 is 5.54. The van der Waals surface area contributed by atoms with Gasteiger partial charge in [0, 0.05) is 54.1 Å². The van der Waals surface area contributed by atoms with Crippen LogP contribution in [-0.2, 0) is 23.7 Å². The fraction of sp³-hybridized carbons (Fsp3) is 0.238. The van der Waals surface area contributed by atoms with Crippen LogP contribution in [0.2, 0.25) is 0 Å². The minimum Gasteiger partial charge on any atom is -0.748 e. The number of allylic oxidation sites excluding steroid dienone is 6. The van der Waals surface area contributed by atoms with Crippen LogP contribution in [0.25, 0.3) is 54.8 Å². The molecule has 11 rings (SSSR count). The minimum absolute atomic E-state index is 0.196. The van der Waals surface area contributed by atoms with Crippen LogP contribution < -0.4 is 23.7 Å². The maximum atomic E-state index is 11.4. The van der Waals surface area contributed by atoms with E-state index in [0.29, 0.717) is 18.2 Å². The standard InChI is InChI=1S/C35H32N2O4S2.C28H31N2S2/c1-3-25(22-35-36(2)31-24-29(16-18-33(31)42-35)27-13-8-5-9-14-27)21-34-37(19-10-20-43(38,39)40)30-23-28(15-17-32(30)41-34)26-11-6-4-7-12-26;1-5-29-22-11-7-9-13-24(22)31-26(29)16-20-15-21(19-28(3,4)18-20)17-27-30(6-2)23-12-8-10-14-25(23)32-27/h4-9,11-18,21-24H,3,10,19-20H2,1-2H3;7-17H,5-6,18-19H2,1-4H3/q;+1. The molecule has 2 aliphatic heterocycles. The molecule has 1 aliphatic carbocycles. The van der Waals surface area contributed by atoms with Crippen LogP contribution in [0.4, 0.5) is 11.4 Å². The van der Waals surface area contributed by atoms with Crippen LogP contribution in [-0.4, -0.2) is 31.8 Å². The fourth-order valence-corrected chi connectivity index (χ4v) is 14.3. The number of thioether (sulfide) groups is 1. The van der Waals surface area contributed by atoms with Gasteiger partial charge in [-0.1, -0.05) is 158 Å². The number of benzene rings is 6. The second-order valence-electron chi connectivity index (χ2n) is 19.9. The van der Waals surface area contributed by atoms with E-state index in [2.05, 4.69) is 177 Å². The zero-order valence-corrected chi connectivity index (χ0v) is 46.7. The quantitative estimate of drug-likeness (QED) is 0.0840. The van der Waals surface area contributed by atoms with Crippen molar-refractivity contribution in [1.82, 2.24) is 0 Å². The highest BCUT2D eigenvalue weighted by atomic mass is 32.2. The Labute approximate surface area is 454 Å². The maximum Gasteiger partial charge on any atom is 0.263 e. The Balaban J connectivity index is 0.000000178. The highest BCUT2D eigenvalue weighted by Crippen LogP contribution is 2.48. The molecule has 0 unspecified atom stereocenters. The average Bonchev–Trinajstić information content (AvgIpc) is 4.15. The Hall–Kier alpha value is -6.54. The molecule has 2 aromatic heterocycles. The van der Waals surface area contributed by atoms with Crippen LogP contribution in [0.1, 0.15) is 70.3 Å². The first kappa shape index (κ1) is 51.9. The molecule has 12 heteroatoms. The van der Waals surface area contributed by atoms with Gasteiger partial charge >= 0.3 is 0 Å². The van der Waals surface area contributed by atoms with Gasteiger partial charge in [0.1, 0.15) is 23.0 Å². The Morgan fingerprint density at radius 3 is 2.11 bits per heavy atom. The third-order valence-electron chi connectivity index (χ3n) is 13.9. The summed E-state index contributed by atoms with van der Waals surface area (Å²) in [6, 6.07) is 50.6. The minimum atomic E-state index is -4.32. The Kier molecular flexibility index (Phi) is 15.5. The van der Waals surface area contributed by atoms with Crippen molar-refractivity contribution in [3.8, 4) is 28.0 Å². The molecule has 0 fully saturated rings. The zero-order valence-electron chi connectivity index (χ0n) is 43.5. The Morgan fingerprint density at radius 2 is 1.39 bits per heavy atom. The normalized spacial score (nSPS) is 16.9. The number of ether oxygens (including phenoxy) is 1. The molecule has 0 bridgehead atoms. The van der Waals surface area contributed by atoms with Crippen molar-refractivity contribution in [2.75, 3.05) is 28.6 Å². The molecular weight excluding hydrogens is 1000 g/mol. The number of nitrogens with zero attached hydrogens (tertiary/aromatic N) is 4. The van der Waals surface area contributed by atoms with Crippen molar-refractivity contribution in [1.29, 1.82) is 0 Å². The number of anilines is 2. The molecule has 0 saturated heterocycles. The number of hydrogen-bond acceptors (Lipinski definition) is 9. The van der Waals surface area contributed by atoms with Crippen molar-refractivity contribution in [3.05, 3.63) is 201 Å². The molecule has 0 spiro atoms. The summed E-state index contributed by atoms with van der Waals surface area (Å²) in [7, 11) is -2.23. The van der Waals surface area contributed by atoms with Gasteiger partial charge in [-0.3, -0.25) is 0 Å². The third-order valence-corrected chi connectivity index (χ3v) is 18.1. The molecule has 4 heterocycles. The number of thiazole rings is 2. The summed E-state index contributed by atoms with van der Waals surface area (Å²) in [6.45, 7) is 13.7. The van der Waals surface area contributed by atoms with Gasteiger partial charge in [-0.25, -0.2) is 8.42 Å². The Bertz CT molecular complexity index is 3680. The predicted molar refractivity (Wildman–Crippen MR) is 314 cm³/mol. The lowest BCUT2D eigenvalue weighted by Crippen LogP contribution is -2.33. The van der Waals surface area contributed by atoms with E-state index in [9.17, 15) is 13.0 Å². The van der Waals surface area contributed by atoms with Crippen molar-refractivity contribution >= 4 is 88.5 Å². The number of rotatable bonds is 13. The van der Waals surface area contributed by atoms with Crippen LogP contribution >= 0.6 is 34.4 Å². The third kappa shape index (κ3) is 11.8. The summed E-state index contributed by atoms with van der Waals surface area (Å²) in [5, 5.41) is 3.81. The van der Waals surface area contributed by atoms with E-state index in [1.165, 1.54) is 63.3 Å². The summed E-state index contributed by atoms with van der Waals surface area (Å²) in [5.41, 5.74) is 13.4. The average molecular weight is 1070 g/mol. The molecular formula is C63H63N4O4S4+. The molecule has 0 amide bonds.